The number of rotatable bonds is 3. The van der Waals surface area contributed by atoms with Gasteiger partial charge in [0.2, 0.25) is 0 Å². The molecule has 0 heterocycles. The molecule has 8 heavy (non-hydrogen) atoms. The third-order valence-corrected chi connectivity index (χ3v) is 0.808. The van der Waals surface area contributed by atoms with E-state index in [0.717, 1.165) is 6.54 Å². The van der Waals surface area contributed by atoms with Gasteiger partial charge in [-0.3, -0.25) is 0 Å². The van der Waals surface area contributed by atoms with Crippen molar-refractivity contribution in [1.29, 1.82) is 0 Å². The molecule has 0 aromatic carbocycles. The fraction of sp³-hybridized carbons (Fsp3) is 1.00. The lowest BCUT2D eigenvalue weighted by Gasteiger charge is -1.86. The van der Waals surface area contributed by atoms with Crippen LogP contribution in [-0.2, 0) is 0 Å². The highest BCUT2D eigenvalue weighted by molar-refractivity contribution is 5.85. The Hall–Kier alpha value is 0.210. The minimum absolute atomic E-state index is 0. The van der Waals surface area contributed by atoms with E-state index in [4.69, 9.17) is 5.73 Å². The third kappa shape index (κ3) is 16.4. The molecule has 0 aliphatic heterocycles. The minimum atomic E-state index is 0. The van der Waals surface area contributed by atoms with E-state index in [9.17, 15) is 0 Å². The van der Waals surface area contributed by atoms with Crippen molar-refractivity contribution in [3.63, 3.8) is 0 Å². The first-order chi connectivity index (χ1) is 2.91. The maximum absolute atomic E-state index is 5.21. The van der Waals surface area contributed by atoms with Crippen molar-refractivity contribution in [3.05, 3.63) is 0 Å². The molecule has 0 saturated carbocycles. The van der Waals surface area contributed by atoms with Crippen molar-refractivity contribution in [3.8, 4) is 0 Å². The average molecular weight is 142 g/mol. The zero-order valence-electron chi connectivity index (χ0n) is 5.31. The summed E-state index contributed by atoms with van der Waals surface area (Å²) in [4.78, 5) is 0. The predicted molar refractivity (Wildman–Crippen MR) is 39.4 cm³/mol. The molecule has 0 saturated heterocycles. The number of halogens is 1. The molecule has 0 bridgehead atoms. The van der Waals surface area contributed by atoms with Gasteiger partial charge in [-0.05, 0) is 13.0 Å². The van der Waals surface area contributed by atoms with Crippen LogP contribution in [0, 0.1) is 0 Å². The quantitative estimate of drug-likeness (QED) is 0.579. The van der Waals surface area contributed by atoms with Crippen LogP contribution in [0.3, 0.4) is 0 Å². The summed E-state index contributed by atoms with van der Waals surface area (Å²) in [5.41, 5.74) is 5.21. The summed E-state index contributed by atoms with van der Waals surface area (Å²) in [6, 6.07) is 0. The lowest BCUT2D eigenvalue weighted by Crippen LogP contribution is -1.96. The van der Waals surface area contributed by atoms with E-state index in [1.807, 2.05) is 0 Å². The Kier molecular flexibility index (Phi) is 30.8. The van der Waals surface area contributed by atoms with Crippen LogP contribution in [-0.4, -0.2) is 12.0 Å². The number of hydrogen-bond acceptors (Lipinski definition) is 1. The Morgan fingerprint density at radius 2 is 1.75 bits per heavy atom. The molecule has 0 spiro atoms. The second kappa shape index (κ2) is 15.7. The van der Waals surface area contributed by atoms with Crippen LogP contribution < -0.4 is 5.73 Å². The van der Waals surface area contributed by atoms with Gasteiger partial charge in [0.15, 0.2) is 0 Å². The largest absolute Gasteiger partial charge is 0.412 e. The molecular formula is C5H16ClNO. The van der Waals surface area contributed by atoms with Gasteiger partial charge < -0.3 is 11.2 Å². The fourth-order valence-electron chi connectivity index (χ4n) is 0.394. The monoisotopic (exact) mass is 141 g/mol. The van der Waals surface area contributed by atoms with Gasteiger partial charge in [0.05, 0.1) is 0 Å². The Morgan fingerprint density at radius 3 is 1.88 bits per heavy atom. The van der Waals surface area contributed by atoms with Crippen LogP contribution in [0.5, 0.6) is 0 Å². The van der Waals surface area contributed by atoms with Gasteiger partial charge in [-0.25, -0.2) is 0 Å². The minimum Gasteiger partial charge on any atom is -0.412 e. The predicted octanol–water partition coefficient (Wildman–Crippen LogP) is 0.732. The first-order valence-electron chi connectivity index (χ1n) is 2.62. The van der Waals surface area contributed by atoms with E-state index < -0.39 is 0 Å². The van der Waals surface area contributed by atoms with Crippen LogP contribution >= 0.6 is 12.4 Å². The first-order valence-corrected chi connectivity index (χ1v) is 2.62. The van der Waals surface area contributed by atoms with E-state index in [-0.39, 0.29) is 17.9 Å². The van der Waals surface area contributed by atoms with Gasteiger partial charge in [0, 0.05) is 0 Å². The second-order valence-corrected chi connectivity index (χ2v) is 1.50. The highest BCUT2D eigenvalue weighted by Crippen LogP contribution is 1.88. The Balaban J connectivity index is -0.000000125. The van der Waals surface area contributed by atoms with Gasteiger partial charge >= 0.3 is 0 Å². The molecule has 54 valence electrons. The standard InChI is InChI=1S/C5H13N.ClH.H2O/c1-2-3-4-5-6;;/h2-6H2,1H3;1H;1H2. The van der Waals surface area contributed by atoms with Crippen molar-refractivity contribution < 1.29 is 5.48 Å². The van der Waals surface area contributed by atoms with Gasteiger partial charge in [-0.1, -0.05) is 19.8 Å². The molecule has 0 radical (unpaired) electrons. The van der Waals surface area contributed by atoms with Gasteiger partial charge in [-0.15, -0.1) is 12.4 Å². The van der Waals surface area contributed by atoms with Crippen molar-refractivity contribution in [2.24, 2.45) is 5.73 Å². The number of nitrogens with two attached hydrogens (primary N) is 1. The summed E-state index contributed by atoms with van der Waals surface area (Å²) >= 11 is 0. The zero-order valence-corrected chi connectivity index (χ0v) is 6.13. The van der Waals surface area contributed by atoms with Crippen LogP contribution in [0.25, 0.3) is 0 Å². The molecular weight excluding hydrogens is 126 g/mol. The summed E-state index contributed by atoms with van der Waals surface area (Å²) < 4.78 is 0. The van der Waals surface area contributed by atoms with E-state index in [0.29, 0.717) is 0 Å². The van der Waals surface area contributed by atoms with E-state index in [2.05, 4.69) is 6.92 Å². The molecule has 2 nitrogen and oxygen atoms in total. The van der Waals surface area contributed by atoms with E-state index in [1.54, 1.807) is 0 Å². The summed E-state index contributed by atoms with van der Waals surface area (Å²) in [6.45, 7) is 3.03. The Labute approximate surface area is 57.2 Å². The lowest BCUT2D eigenvalue weighted by atomic mass is 10.3. The van der Waals surface area contributed by atoms with Crippen molar-refractivity contribution in [2.45, 2.75) is 26.2 Å². The number of unbranched alkanes of at least 4 members (excludes halogenated alkanes) is 2. The van der Waals surface area contributed by atoms with Crippen LogP contribution in [0.2, 0.25) is 0 Å². The van der Waals surface area contributed by atoms with Crippen LogP contribution in [0.15, 0.2) is 0 Å². The Morgan fingerprint density at radius 1 is 1.25 bits per heavy atom. The maximum Gasteiger partial charge on any atom is -0.00773 e. The molecule has 4 N–H and O–H groups in total. The topological polar surface area (TPSA) is 57.5 Å². The van der Waals surface area contributed by atoms with E-state index in [1.165, 1.54) is 19.3 Å². The summed E-state index contributed by atoms with van der Waals surface area (Å²) in [5, 5.41) is 0. The van der Waals surface area contributed by atoms with Gasteiger partial charge in [0.25, 0.3) is 0 Å². The highest BCUT2D eigenvalue weighted by atomic mass is 35.5. The molecule has 0 aliphatic carbocycles. The van der Waals surface area contributed by atoms with Crippen molar-refractivity contribution in [1.82, 2.24) is 0 Å². The molecule has 0 rings (SSSR count). The fourth-order valence-corrected chi connectivity index (χ4v) is 0.394. The third-order valence-electron chi connectivity index (χ3n) is 0.808. The normalized spacial score (nSPS) is 6.75. The molecule has 0 aliphatic rings. The molecule has 0 aromatic heterocycles. The molecule has 0 amide bonds. The SMILES string of the molecule is CCCCCN.Cl.O. The average Bonchev–Trinajstić information content (AvgIpc) is 1.61. The van der Waals surface area contributed by atoms with Crippen LogP contribution in [0.4, 0.5) is 0 Å². The summed E-state index contributed by atoms with van der Waals surface area (Å²) in [5.74, 6) is 0. The molecule has 0 unspecified atom stereocenters. The maximum atomic E-state index is 5.21. The van der Waals surface area contributed by atoms with Crippen LogP contribution in [0.1, 0.15) is 26.2 Å². The molecule has 0 aromatic rings. The summed E-state index contributed by atoms with van der Waals surface area (Å²) in [7, 11) is 0. The molecule has 3 heteroatoms. The van der Waals surface area contributed by atoms with E-state index >= 15 is 0 Å². The second-order valence-electron chi connectivity index (χ2n) is 1.50. The summed E-state index contributed by atoms with van der Waals surface area (Å²) in [6.07, 6.45) is 3.75. The van der Waals surface area contributed by atoms with Gasteiger partial charge in [0.1, 0.15) is 0 Å². The van der Waals surface area contributed by atoms with Crippen molar-refractivity contribution >= 4 is 12.4 Å². The Bertz CT molecular complexity index is 24.4. The molecule has 0 fully saturated rings. The van der Waals surface area contributed by atoms with Gasteiger partial charge in [-0.2, -0.15) is 0 Å². The molecule has 0 atom stereocenters. The smallest absolute Gasteiger partial charge is 0.00773 e. The zero-order chi connectivity index (χ0) is 4.83. The van der Waals surface area contributed by atoms with Crippen molar-refractivity contribution in [2.75, 3.05) is 6.54 Å². The first kappa shape index (κ1) is 15.7. The highest BCUT2D eigenvalue weighted by Gasteiger charge is 1.75. The number of hydrogen-bond donors (Lipinski definition) is 1. The lowest BCUT2D eigenvalue weighted by molar-refractivity contribution is 0.727.